The number of aromatic nitrogens is 3. The molecule has 2 atom stereocenters. The zero-order valence-electron chi connectivity index (χ0n) is 28.7. The Hall–Kier alpha value is -4.62. The molecule has 0 radical (unpaired) electrons. The minimum absolute atomic E-state index is 0.151. The van der Waals surface area contributed by atoms with Gasteiger partial charge in [-0.3, -0.25) is 9.69 Å². The molecule has 2 aromatic heterocycles. The van der Waals surface area contributed by atoms with E-state index >= 15 is 0 Å². The molecule has 260 valence electrons. The number of ether oxygens (including phenoxy) is 2. The Bertz CT molecular complexity index is 1850. The van der Waals surface area contributed by atoms with Crippen molar-refractivity contribution in [3.05, 3.63) is 89.2 Å². The molecule has 2 aliphatic heterocycles. The normalized spacial score (nSPS) is 20.4. The van der Waals surface area contributed by atoms with Crippen LogP contribution in [0.25, 0.3) is 5.65 Å². The molecule has 0 spiro atoms. The Morgan fingerprint density at radius 3 is 2.51 bits per heavy atom. The number of piperazine rings is 1. The largest absolute Gasteiger partial charge is 0.444 e. The number of morpholine rings is 1. The van der Waals surface area contributed by atoms with E-state index in [0.29, 0.717) is 49.9 Å². The highest BCUT2D eigenvalue weighted by atomic mass is 19.1. The first-order valence-corrected chi connectivity index (χ1v) is 16.4. The van der Waals surface area contributed by atoms with Crippen molar-refractivity contribution in [2.45, 2.75) is 58.7 Å². The first-order valence-electron chi connectivity index (χ1n) is 16.4. The zero-order valence-corrected chi connectivity index (χ0v) is 28.7. The fourth-order valence-electron chi connectivity index (χ4n) is 6.78. The van der Waals surface area contributed by atoms with Gasteiger partial charge in [-0.2, -0.15) is 5.10 Å². The van der Waals surface area contributed by atoms with E-state index in [9.17, 15) is 18.4 Å². The van der Waals surface area contributed by atoms with Crippen LogP contribution in [0.15, 0.2) is 60.9 Å². The second kappa shape index (κ2) is 13.0. The average molecular weight is 676 g/mol. The van der Waals surface area contributed by atoms with Gasteiger partial charge in [0.05, 0.1) is 31.0 Å². The van der Waals surface area contributed by atoms with Crippen LogP contribution in [0.2, 0.25) is 0 Å². The Morgan fingerprint density at radius 2 is 1.80 bits per heavy atom. The summed E-state index contributed by atoms with van der Waals surface area (Å²) < 4.78 is 41.8. The maximum absolute atomic E-state index is 14.8. The second-order valence-electron chi connectivity index (χ2n) is 14.5. The number of carbonyl (C=O) groups is 2. The summed E-state index contributed by atoms with van der Waals surface area (Å²) in [6, 6.07) is 12.0. The molecule has 4 heterocycles. The van der Waals surface area contributed by atoms with Crippen LogP contribution in [0.4, 0.5) is 25.1 Å². The highest BCUT2D eigenvalue weighted by Gasteiger charge is 2.52. The molecule has 2 fully saturated rings. The lowest BCUT2D eigenvalue weighted by Crippen LogP contribution is -2.66. The number of anilines is 2. The lowest BCUT2D eigenvalue weighted by atomic mass is 9.67. The predicted molar refractivity (Wildman–Crippen MR) is 182 cm³/mol. The van der Waals surface area contributed by atoms with Crippen molar-refractivity contribution >= 4 is 29.2 Å². The quantitative estimate of drug-likeness (QED) is 0.268. The van der Waals surface area contributed by atoms with Gasteiger partial charge in [0.2, 0.25) is 0 Å². The summed E-state index contributed by atoms with van der Waals surface area (Å²) in [5.41, 5.74) is 0.451. The van der Waals surface area contributed by atoms with E-state index in [4.69, 9.17) is 14.5 Å². The van der Waals surface area contributed by atoms with E-state index < -0.39 is 34.7 Å². The van der Waals surface area contributed by atoms with Gasteiger partial charge in [-0.1, -0.05) is 32.9 Å². The number of rotatable bonds is 5. The average Bonchev–Trinajstić information content (AvgIpc) is 3.48. The molecule has 2 amide bonds. The molecule has 2 unspecified atom stereocenters. The number of hydrogen-bond donors (Lipinski definition) is 2. The molecule has 0 bridgehead atoms. The van der Waals surface area contributed by atoms with Crippen LogP contribution in [-0.2, 0) is 15.0 Å². The number of nitrogens with one attached hydrogen (secondary N) is 2. The molecular formula is C36H43F2N7O4. The number of benzene rings is 2. The van der Waals surface area contributed by atoms with Crippen molar-refractivity contribution in [1.29, 1.82) is 0 Å². The van der Waals surface area contributed by atoms with Crippen LogP contribution in [0.1, 0.15) is 69.1 Å². The monoisotopic (exact) mass is 675 g/mol. The summed E-state index contributed by atoms with van der Waals surface area (Å²) in [6.07, 6.45) is 2.75. The molecule has 0 saturated carbocycles. The zero-order chi connectivity index (χ0) is 35.1. The van der Waals surface area contributed by atoms with Gasteiger partial charge >= 0.3 is 6.09 Å². The molecule has 0 aliphatic carbocycles. The van der Waals surface area contributed by atoms with Crippen LogP contribution >= 0.6 is 0 Å². The minimum atomic E-state index is -0.718. The maximum atomic E-state index is 14.8. The van der Waals surface area contributed by atoms with Gasteiger partial charge in [0.15, 0.2) is 5.65 Å². The van der Waals surface area contributed by atoms with Crippen molar-refractivity contribution in [2.24, 2.45) is 5.41 Å². The Balaban J connectivity index is 1.26. The minimum Gasteiger partial charge on any atom is -0.444 e. The van der Waals surface area contributed by atoms with Crippen molar-refractivity contribution < 1.29 is 27.8 Å². The number of fused-ring (bicyclic) bond motifs is 1. The van der Waals surface area contributed by atoms with Gasteiger partial charge in [0, 0.05) is 43.6 Å². The summed E-state index contributed by atoms with van der Waals surface area (Å²) in [6.45, 7) is 14.5. The Labute approximate surface area is 284 Å². The fraction of sp³-hybridized carbons (Fsp3) is 0.444. The first-order chi connectivity index (χ1) is 23.2. The highest BCUT2D eigenvalue weighted by molar-refractivity contribution is 6.08. The van der Waals surface area contributed by atoms with Crippen LogP contribution in [0.3, 0.4) is 0 Å². The summed E-state index contributed by atoms with van der Waals surface area (Å²) in [4.78, 5) is 35.5. The van der Waals surface area contributed by atoms with Crippen LogP contribution in [-0.4, -0.2) is 76.5 Å². The summed E-state index contributed by atoms with van der Waals surface area (Å²) in [5.74, 6) is -1.02. The number of amides is 2. The van der Waals surface area contributed by atoms with Crippen molar-refractivity contribution in [3.8, 4) is 0 Å². The smallest absolute Gasteiger partial charge is 0.411 e. The highest BCUT2D eigenvalue weighted by Crippen LogP contribution is 2.46. The van der Waals surface area contributed by atoms with Crippen LogP contribution < -0.4 is 15.5 Å². The van der Waals surface area contributed by atoms with Crippen molar-refractivity contribution in [1.82, 2.24) is 24.8 Å². The molecule has 2 aliphatic rings. The van der Waals surface area contributed by atoms with Gasteiger partial charge < -0.3 is 25.0 Å². The molecule has 2 N–H and O–H groups in total. The van der Waals surface area contributed by atoms with Gasteiger partial charge in [0.1, 0.15) is 28.6 Å². The third-order valence-electron chi connectivity index (χ3n) is 9.17. The molecule has 11 nitrogen and oxygen atoms in total. The van der Waals surface area contributed by atoms with Gasteiger partial charge in [-0.15, -0.1) is 0 Å². The van der Waals surface area contributed by atoms with E-state index in [0.717, 1.165) is 17.7 Å². The molecule has 49 heavy (non-hydrogen) atoms. The van der Waals surface area contributed by atoms with Crippen LogP contribution in [0.5, 0.6) is 0 Å². The third-order valence-corrected chi connectivity index (χ3v) is 9.17. The number of nitrogens with zero attached hydrogens (tertiary/aromatic N) is 5. The molecule has 6 rings (SSSR count). The number of hydrogen-bond acceptors (Lipinski definition) is 8. The third kappa shape index (κ3) is 6.69. The molecule has 2 aromatic carbocycles. The lowest BCUT2D eigenvalue weighted by molar-refractivity contribution is -0.0518. The fourth-order valence-corrected chi connectivity index (χ4v) is 6.78. The van der Waals surface area contributed by atoms with E-state index in [-0.39, 0.29) is 29.2 Å². The summed E-state index contributed by atoms with van der Waals surface area (Å²) in [5, 5.41) is 10.7. The van der Waals surface area contributed by atoms with E-state index in [1.54, 1.807) is 12.3 Å². The van der Waals surface area contributed by atoms with Crippen molar-refractivity contribution in [3.63, 3.8) is 0 Å². The Kier molecular flexibility index (Phi) is 9.10. The predicted octanol–water partition coefficient (Wildman–Crippen LogP) is 5.92. The maximum Gasteiger partial charge on any atom is 0.411 e. The van der Waals surface area contributed by atoms with Crippen LogP contribution in [0, 0.1) is 17.0 Å². The Morgan fingerprint density at radius 1 is 1.04 bits per heavy atom. The number of halogens is 2. The SMILES string of the molecule is CC(C)(C)OC(=O)N1CCNCC1(c1ccc(NC(=O)c2cnn3ccc(N4CCOCC4c4cc(F)ccc4F)nc23)cc1)C(C)(C)C. The topological polar surface area (TPSA) is 113 Å². The molecular weight excluding hydrogens is 632 g/mol. The van der Waals surface area contributed by atoms with Crippen molar-refractivity contribution in [2.75, 3.05) is 49.6 Å². The molecule has 13 heteroatoms. The first kappa shape index (κ1) is 34.3. The molecule has 4 aromatic rings. The van der Waals surface area contributed by atoms with E-state index in [1.807, 2.05) is 54.8 Å². The standard InChI is InChI=1S/C36H43F2N7O4/c1-34(2,3)36(22-39-14-16-44(36)33(47)49-35(4,5)6)23-7-10-25(11-8-23)41-32(46)27-20-40-45-15-13-30(42-31(27)45)43-17-18-48-21-29(43)26-19-24(37)9-12-28(26)38/h7-13,15,19-20,29,39H,14,16-18,21-22H2,1-6H3,(H,41,46). The van der Waals surface area contributed by atoms with Gasteiger partial charge in [0.25, 0.3) is 5.91 Å². The second-order valence-corrected chi connectivity index (χ2v) is 14.5. The van der Waals surface area contributed by atoms with E-state index in [1.165, 1.54) is 16.8 Å². The number of carbonyl (C=O) groups excluding carboxylic acids is 2. The van der Waals surface area contributed by atoms with Gasteiger partial charge in [-0.05, 0) is 68.1 Å². The summed E-state index contributed by atoms with van der Waals surface area (Å²) >= 11 is 0. The molecule has 2 saturated heterocycles. The van der Waals surface area contributed by atoms with E-state index in [2.05, 4.69) is 36.5 Å². The summed E-state index contributed by atoms with van der Waals surface area (Å²) in [7, 11) is 0. The van der Waals surface area contributed by atoms with Gasteiger partial charge in [-0.25, -0.2) is 23.1 Å². The lowest BCUT2D eigenvalue weighted by Gasteiger charge is -2.55.